The van der Waals surface area contributed by atoms with E-state index in [1.165, 1.54) is 11.1 Å². The number of nitrogens with two attached hydrogens (primary N) is 1. The molecule has 0 saturated carbocycles. The maximum atomic E-state index is 5.52. The normalized spacial score (nSPS) is 10.7. The van der Waals surface area contributed by atoms with Gasteiger partial charge in [0.2, 0.25) is 0 Å². The first-order valence-electron chi connectivity index (χ1n) is 6.30. The van der Waals surface area contributed by atoms with Crippen LogP contribution < -0.4 is 5.73 Å². The van der Waals surface area contributed by atoms with Gasteiger partial charge in [0.1, 0.15) is 0 Å². The lowest BCUT2D eigenvalue weighted by Crippen LogP contribution is -2.05. The molecule has 0 aliphatic carbocycles. The zero-order chi connectivity index (χ0) is 12.3. The van der Waals surface area contributed by atoms with Crippen LogP contribution in [0.4, 0.5) is 0 Å². The highest BCUT2D eigenvalue weighted by atomic mass is 16.5. The number of hydrogen-bond donors (Lipinski definition) is 1. The molecule has 0 heterocycles. The van der Waals surface area contributed by atoms with Crippen molar-refractivity contribution in [3.63, 3.8) is 0 Å². The zero-order valence-corrected chi connectivity index (χ0v) is 10.7. The van der Waals surface area contributed by atoms with Crippen molar-refractivity contribution >= 4 is 0 Å². The summed E-state index contributed by atoms with van der Waals surface area (Å²) in [5.74, 6) is 0. The molecule has 17 heavy (non-hydrogen) atoms. The molecule has 1 rings (SSSR count). The summed E-state index contributed by atoms with van der Waals surface area (Å²) >= 11 is 0. The summed E-state index contributed by atoms with van der Waals surface area (Å²) in [7, 11) is 0. The van der Waals surface area contributed by atoms with Crippen LogP contribution in [0.2, 0.25) is 0 Å². The van der Waals surface area contributed by atoms with E-state index in [0.717, 1.165) is 19.4 Å². The molecule has 0 fully saturated rings. The van der Waals surface area contributed by atoms with E-state index in [0.29, 0.717) is 26.4 Å². The van der Waals surface area contributed by atoms with Crippen molar-refractivity contribution in [3.05, 3.63) is 35.4 Å². The molecule has 3 nitrogen and oxygen atoms in total. The molecule has 1 aromatic carbocycles. The van der Waals surface area contributed by atoms with E-state index in [2.05, 4.69) is 31.2 Å². The fraction of sp³-hybridized carbons (Fsp3) is 0.571. The molecular weight excluding hydrogens is 214 g/mol. The van der Waals surface area contributed by atoms with Gasteiger partial charge in [0.15, 0.2) is 0 Å². The molecule has 0 saturated heterocycles. The smallest absolute Gasteiger partial charge is 0.0718 e. The van der Waals surface area contributed by atoms with Crippen LogP contribution >= 0.6 is 0 Å². The Hall–Kier alpha value is -0.900. The summed E-state index contributed by atoms with van der Waals surface area (Å²) in [4.78, 5) is 0. The number of rotatable bonds is 9. The summed E-state index contributed by atoms with van der Waals surface area (Å²) in [6.07, 6.45) is 1.99. The number of ether oxygens (including phenoxy) is 2. The Labute approximate surface area is 104 Å². The second-order valence-corrected chi connectivity index (χ2v) is 4.02. The van der Waals surface area contributed by atoms with E-state index >= 15 is 0 Å². The van der Waals surface area contributed by atoms with Gasteiger partial charge in [0.25, 0.3) is 0 Å². The summed E-state index contributed by atoms with van der Waals surface area (Å²) in [5.41, 5.74) is 7.97. The first kappa shape index (κ1) is 14.2. The SMILES string of the molecule is CCCOCCOCc1ccc(CCN)cc1. The predicted octanol–water partition coefficient (Wildman–Crippen LogP) is 2.13. The highest BCUT2D eigenvalue weighted by molar-refractivity contribution is 5.22. The van der Waals surface area contributed by atoms with Crippen LogP contribution in [-0.2, 0) is 22.5 Å². The third-order valence-electron chi connectivity index (χ3n) is 2.45. The Morgan fingerprint density at radius 1 is 0.941 bits per heavy atom. The van der Waals surface area contributed by atoms with Crippen molar-refractivity contribution < 1.29 is 9.47 Å². The van der Waals surface area contributed by atoms with Crippen molar-refractivity contribution in [1.82, 2.24) is 0 Å². The van der Waals surface area contributed by atoms with Gasteiger partial charge < -0.3 is 15.2 Å². The van der Waals surface area contributed by atoms with Crippen LogP contribution in [0.3, 0.4) is 0 Å². The van der Waals surface area contributed by atoms with E-state index in [4.69, 9.17) is 15.2 Å². The summed E-state index contributed by atoms with van der Waals surface area (Å²) < 4.78 is 10.8. The second kappa shape index (κ2) is 9.16. The molecule has 2 N–H and O–H groups in total. The molecule has 3 heteroatoms. The third-order valence-corrected chi connectivity index (χ3v) is 2.45. The number of hydrogen-bond acceptors (Lipinski definition) is 3. The average Bonchev–Trinajstić information content (AvgIpc) is 2.36. The first-order valence-corrected chi connectivity index (χ1v) is 6.30. The second-order valence-electron chi connectivity index (χ2n) is 4.02. The van der Waals surface area contributed by atoms with Crippen LogP contribution in [0.1, 0.15) is 24.5 Å². The average molecular weight is 237 g/mol. The molecule has 0 radical (unpaired) electrons. The van der Waals surface area contributed by atoms with Crippen molar-refractivity contribution in [1.29, 1.82) is 0 Å². The first-order chi connectivity index (χ1) is 8.36. The zero-order valence-electron chi connectivity index (χ0n) is 10.7. The molecule has 0 aromatic heterocycles. The Morgan fingerprint density at radius 2 is 1.59 bits per heavy atom. The molecule has 0 atom stereocenters. The van der Waals surface area contributed by atoms with Gasteiger partial charge >= 0.3 is 0 Å². The molecule has 0 bridgehead atoms. The highest BCUT2D eigenvalue weighted by Gasteiger charge is 1.95. The monoisotopic (exact) mass is 237 g/mol. The predicted molar refractivity (Wildman–Crippen MR) is 70.0 cm³/mol. The molecule has 0 amide bonds. The Kier molecular flexibility index (Phi) is 7.63. The topological polar surface area (TPSA) is 44.5 Å². The quantitative estimate of drug-likeness (QED) is 0.669. The fourth-order valence-electron chi connectivity index (χ4n) is 1.52. The Balaban J connectivity index is 2.14. The lowest BCUT2D eigenvalue weighted by Gasteiger charge is -2.06. The van der Waals surface area contributed by atoms with Gasteiger partial charge in [-0.15, -0.1) is 0 Å². The minimum absolute atomic E-state index is 0.651. The summed E-state index contributed by atoms with van der Waals surface area (Å²) in [6, 6.07) is 8.41. The van der Waals surface area contributed by atoms with Gasteiger partial charge in [-0.25, -0.2) is 0 Å². The lowest BCUT2D eigenvalue weighted by molar-refractivity contribution is 0.0408. The standard InChI is InChI=1S/C14H23NO2/c1-2-9-16-10-11-17-12-14-5-3-13(4-6-14)7-8-15/h3-6H,2,7-12,15H2,1H3. The van der Waals surface area contributed by atoms with E-state index < -0.39 is 0 Å². The van der Waals surface area contributed by atoms with E-state index in [9.17, 15) is 0 Å². The van der Waals surface area contributed by atoms with E-state index in [-0.39, 0.29) is 0 Å². The number of benzene rings is 1. The van der Waals surface area contributed by atoms with Gasteiger partial charge in [-0.1, -0.05) is 31.2 Å². The molecule has 0 aliphatic heterocycles. The highest BCUT2D eigenvalue weighted by Crippen LogP contribution is 2.06. The molecular formula is C14H23NO2. The molecule has 1 aromatic rings. The van der Waals surface area contributed by atoms with Crippen LogP contribution in [-0.4, -0.2) is 26.4 Å². The van der Waals surface area contributed by atoms with Crippen LogP contribution in [0.25, 0.3) is 0 Å². The van der Waals surface area contributed by atoms with Gasteiger partial charge in [0, 0.05) is 6.61 Å². The van der Waals surface area contributed by atoms with Gasteiger partial charge in [-0.05, 0) is 30.5 Å². The van der Waals surface area contributed by atoms with Gasteiger partial charge in [-0.2, -0.15) is 0 Å². The van der Waals surface area contributed by atoms with Crippen LogP contribution in [0, 0.1) is 0 Å². The van der Waals surface area contributed by atoms with Crippen LogP contribution in [0.5, 0.6) is 0 Å². The summed E-state index contributed by atoms with van der Waals surface area (Å²) in [6.45, 7) is 5.60. The molecule has 0 aliphatic rings. The van der Waals surface area contributed by atoms with Crippen molar-refractivity contribution in [3.8, 4) is 0 Å². The Bertz CT molecular complexity index is 285. The Morgan fingerprint density at radius 3 is 2.24 bits per heavy atom. The maximum absolute atomic E-state index is 5.52. The molecule has 0 unspecified atom stereocenters. The van der Waals surface area contributed by atoms with Gasteiger partial charge in [0.05, 0.1) is 19.8 Å². The molecule has 0 spiro atoms. The van der Waals surface area contributed by atoms with Crippen LogP contribution in [0.15, 0.2) is 24.3 Å². The van der Waals surface area contributed by atoms with Crippen molar-refractivity contribution in [2.24, 2.45) is 5.73 Å². The van der Waals surface area contributed by atoms with Crippen molar-refractivity contribution in [2.75, 3.05) is 26.4 Å². The van der Waals surface area contributed by atoms with E-state index in [1.807, 2.05) is 0 Å². The third kappa shape index (κ3) is 6.41. The minimum Gasteiger partial charge on any atom is -0.379 e. The molecule has 96 valence electrons. The minimum atomic E-state index is 0.651. The van der Waals surface area contributed by atoms with E-state index in [1.54, 1.807) is 0 Å². The van der Waals surface area contributed by atoms with Crippen molar-refractivity contribution in [2.45, 2.75) is 26.4 Å². The maximum Gasteiger partial charge on any atom is 0.0718 e. The van der Waals surface area contributed by atoms with Gasteiger partial charge in [-0.3, -0.25) is 0 Å². The fourth-order valence-corrected chi connectivity index (χ4v) is 1.52. The largest absolute Gasteiger partial charge is 0.379 e. The lowest BCUT2D eigenvalue weighted by atomic mass is 10.1. The summed E-state index contributed by atoms with van der Waals surface area (Å²) in [5, 5.41) is 0.